The van der Waals surface area contributed by atoms with Crippen molar-refractivity contribution in [2.45, 2.75) is 38.4 Å². The molecule has 1 N–H and O–H groups in total. The molecule has 0 bridgehead atoms. The van der Waals surface area contributed by atoms with Crippen LogP contribution in [0.25, 0.3) is 11.3 Å². The fourth-order valence-corrected chi connectivity index (χ4v) is 4.42. The van der Waals surface area contributed by atoms with Gasteiger partial charge in [0.1, 0.15) is 5.82 Å². The van der Waals surface area contributed by atoms with Gasteiger partial charge in [-0.05, 0) is 37.1 Å². The number of hydrogen-bond acceptors (Lipinski definition) is 5. The molecule has 7 nitrogen and oxygen atoms in total. The molecule has 1 amide bonds. The number of pyridine rings is 2. The first-order valence-corrected chi connectivity index (χ1v) is 11.3. The van der Waals surface area contributed by atoms with Crippen LogP contribution in [0, 0.1) is 12.8 Å². The number of hydrogen-bond donors (Lipinski definition) is 1. The van der Waals surface area contributed by atoms with Crippen molar-refractivity contribution in [2.75, 3.05) is 18.4 Å². The summed E-state index contributed by atoms with van der Waals surface area (Å²) >= 11 is 0. The van der Waals surface area contributed by atoms with Crippen LogP contribution in [0.15, 0.2) is 42.7 Å². The first kappa shape index (κ1) is 25.5. The van der Waals surface area contributed by atoms with E-state index in [0.717, 1.165) is 22.7 Å². The first-order chi connectivity index (χ1) is 16.8. The monoisotopic (exact) mass is 508 g/mol. The van der Waals surface area contributed by atoms with Crippen LogP contribution in [-0.4, -0.2) is 55.6 Å². The Kier molecular flexibility index (Phi) is 6.72. The Balaban J connectivity index is 1.61. The Morgan fingerprint density at radius 2 is 1.97 bits per heavy atom. The maximum atomic E-state index is 14.6. The van der Waals surface area contributed by atoms with Crippen LogP contribution >= 0.6 is 0 Å². The molecule has 36 heavy (non-hydrogen) atoms. The second-order valence-electron chi connectivity index (χ2n) is 9.08. The molecular formula is C24H25F5N6O. The number of carbonyl (C=O) groups excluding carboxylic acids is 1. The maximum absolute atomic E-state index is 14.6. The highest BCUT2D eigenvalue weighted by Crippen LogP contribution is 2.36. The summed E-state index contributed by atoms with van der Waals surface area (Å²) < 4.78 is 69.0. The molecule has 3 aromatic rings. The lowest BCUT2D eigenvalue weighted by Gasteiger charge is -2.43. The molecular weight excluding hydrogens is 483 g/mol. The van der Waals surface area contributed by atoms with E-state index in [1.54, 1.807) is 45.3 Å². The second kappa shape index (κ2) is 9.47. The third-order valence-electron chi connectivity index (χ3n) is 6.12. The standard InChI is InChI=1S/C24H25F5N6O/c1-14-9-23(25,26)13-35(19(14)11-31-20-8-7-16(10-30-20)24(27,28)29)22(36)21-17(12-34(3)33-21)18-6-4-5-15(2)32-18/h4-8,10,12,14,19H,9,11,13H2,1-3H3,(H,30,31)/t14-,19-/m1/s1. The highest BCUT2D eigenvalue weighted by molar-refractivity contribution is 5.98. The summed E-state index contributed by atoms with van der Waals surface area (Å²) in [4.78, 5) is 22.9. The summed E-state index contributed by atoms with van der Waals surface area (Å²) in [6.07, 6.45) is -2.65. The highest BCUT2D eigenvalue weighted by Gasteiger charge is 2.47. The number of rotatable bonds is 5. The summed E-state index contributed by atoms with van der Waals surface area (Å²) in [5.74, 6) is -4.24. The van der Waals surface area contributed by atoms with Crippen LogP contribution < -0.4 is 5.32 Å². The average molecular weight is 508 g/mol. The Hall–Kier alpha value is -3.57. The Bertz CT molecular complexity index is 1240. The molecule has 1 aliphatic heterocycles. The highest BCUT2D eigenvalue weighted by atomic mass is 19.4. The fourth-order valence-electron chi connectivity index (χ4n) is 4.42. The molecule has 1 fully saturated rings. The van der Waals surface area contributed by atoms with Crippen LogP contribution in [0.4, 0.5) is 27.8 Å². The number of amides is 1. The van der Waals surface area contributed by atoms with E-state index < -0.39 is 48.5 Å². The van der Waals surface area contributed by atoms with Crippen molar-refractivity contribution >= 4 is 11.7 Å². The quantitative estimate of drug-likeness (QED) is 0.501. The fraction of sp³-hybridized carbons (Fsp3) is 0.417. The number of alkyl halides is 5. The van der Waals surface area contributed by atoms with E-state index in [9.17, 15) is 26.7 Å². The Morgan fingerprint density at radius 3 is 2.61 bits per heavy atom. The molecule has 12 heteroatoms. The molecule has 0 spiro atoms. The molecule has 1 aliphatic rings. The van der Waals surface area contributed by atoms with Crippen molar-refractivity contribution in [2.24, 2.45) is 13.0 Å². The van der Waals surface area contributed by atoms with Gasteiger partial charge in [-0.3, -0.25) is 14.5 Å². The van der Waals surface area contributed by atoms with E-state index >= 15 is 0 Å². The van der Waals surface area contributed by atoms with E-state index in [1.165, 1.54) is 4.68 Å². The number of likely N-dealkylation sites (tertiary alicyclic amines) is 1. The number of carbonyl (C=O) groups is 1. The topological polar surface area (TPSA) is 75.9 Å². The molecule has 2 atom stereocenters. The molecule has 4 heterocycles. The number of anilines is 1. The van der Waals surface area contributed by atoms with E-state index in [2.05, 4.69) is 20.4 Å². The number of aryl methyl sites for hydroxylation is 2. The lowest BCUT2D eigenvalue weighted by Crippen LogP contribution is -2.57. The molecule has 192 valence electrons. The zero-order valence-electron chi connectivity index (χ0n) is 19.9. The van der Waals surface area contributed by atoms with Crippen LogP contribution in [0.5, 0.6) is 0 Å². The first-order valence-electron chi connectivity index (χ1n) is 11.3. The smallest absolute Gasteiger partial charge is 0.368 e. The van der Waals surface area contributed by atoms with Crippen molar-refractivity contribution in [3.8, 4) is 11.3 Å². The molecule has 0 saturated carbocycles. The van der Waals surface area contributed by atoms with Crippen LogP contribution in [0.3, 0.4) is 0 Å². The van der Waals surface area contributed by atoms with Crippen molar-refractivity contribution in [3.63, 3.8) is 0 Å². The molecule has 0 unspecified atom stereocenters. The SMILES string of the molecule is Cc1cccc(-c2cn(C)nc2C(=O)N2CC(F)(F)C[C@@H](C)[C@H]2CNc2ccc(C(F)(F)F)cn2)n1. The van der Waals surface area contributed by atoms with Gasteiger partial charge in [-0.15, -0.1) is 0 Å². The van der Waals surface area contributed by atoms with Gasteiger partial charge in [0.2, 0.25) is 0 Å². The number of nitrogens with zero attached hydrogens (tertiary/aromatic N) is 5. The molecule has 4 rings (SSSR count). The molecule has 0 radical (unpaired) electrons. The molecule has 0 aliphatic carbocycles. The summed E-state index contributed by atoms with van der Waals surface area (Å²) in [7, 11) is 1.62. The third kappa shape index (κ3) is 5.47. The summed E-state index contributed by atoms with van der Waals surface area (Å²) in [6, 6.07) is 6.65. The normalized spacial score (nSPS) is 19.8. The minimum absolute atomic E-state index is 0.00171. The van der Waals surface area contributed by atoms with Crippen molar-refractivity contribution < 1.29 is 26.7 Å². The van der Waals surface area contributed by atoms with Gasteiger partial charge in [0, 0.05) is 38.1 Å². The van der Waals surface area contributed by atoms with Crippen LogP contribution in [0.1, 0.15) is 35.1 Å². The maximum Gasteiger partial charge on any atom is 0.417 e. The Morgan fingerprint density at radius 1 is 1.22 bits per heavy atom. The number of piperidine rings is 1. The lowest BCUT2D eigenvalue weighted by atomic mass is 9.88. The van der Waals surface area contributed by atoms with Gasteiger partial charge in [-0.25, -0.2) is 13.8 Å². The van der Waals surface area contributed by atoms with E-state index in [4.69, 9.17) is 0 Å². The van der Waals surface area contributed by atoms with E-state index in [-0.39, 0.29) is 18.1 Å². The van der Waals surface area contributed by atoms with Gasteiger partial charge < -0.3 is 10.2 Å². The molecule has 3 aromatic heterocycles. The zero-order valence-corrected chi connectivity index (χ0v) is 19.9. The van der Waals surface area contributed by atoms with Crippen LogP contribution in [-0.2, 0) is 13.2 Å². The van der Waals surface area contributed by atoms with Gasteiger partial charge in [-0.2, -0.15) is 18.3 Å². The average Bonchev–Trinajstić information content (AvgIpc) is 3.18. The third-order valence-corrected chi connectivity index (χ3v) is 6.12. The minimum atomic E-state index is -4.52. The van der Waals surface area contributed by atoms with Gasteiger partial charge in [0.05, 0.1) is 29.4 Å². The minimum Gasteiger partial charge on any atom is -0.368 e. The molecule has 1 saturated heterocycles. The van der Waals surface area contributed by atoms with Gasteiger partial charge >= 0.3 is 6.18 Å². The number of nitrogens with one attached hydrogen (secondary N) is 1. The van der Waals surface area contributed by atoms with Crippen molar-refractivity contribution in [1.82, 2.24) is 24.6 Å². The van der Waals surface area contributed by atoms with Crippen molar-refractivity contribution in [1.29, 1.82) is 0 Å². The van der Waals surface area contributed by atoms with Crippen LogP contribution in [0.2, 0.25) is 0 Å². The van der Waals surface area contributed by atoms with Gasteiger partial charge in [0.25, 0.3) is 11.8 Å². The lowest BCUT2D eigenvalue weighted by molar-refractivity contribution is -0.137. The van der Waals surface area contributed by atoms with E-state index in [1.807, 2.05) is 0 Å². The molecule has 0 aromatic carbocycles. The Labute approximate surface area is 204 Å². The summed E-state index contributed by atoms with van der Waals surface area (Å²) in [5, 5.41) is 7.14. The second-order valence-corrected chi connectivity index (χ2v) is 9.08. The van der Waals surface area contributed by atoms with Crippen molar-refractivity contribution in [3.05, 3.63) is 59.7 Å². The van der Waals surface area contributed by atoms with Gasteiger partial charge in [0.15, 0.2) is 5.69 Å². The zero-order chi connectivity index (χ0) is 26.3. The number of halogens is 5. The summed E-state index contributed by atoms with van der Waals surface area (Å²) in [6.45, 7) is 2.62. The summed E-state index contributed by atoms with van der Waals surface area (Å²) in [5.41, 5.74) is 0.732. The largest absolute Gasteiger partial charge is 0.417 e. The predicted octanol–water partition coefficient (Wildman–Crippen LogP) is 4.80. The predicted molar refractivity (Wildman–Crippen MR) is 122 cm³/mol. The van der Waals surface area contributed by atoms with Gasteiger partial charge in [-0.1, -0.05) is 13.0 Å². The van der Waals surface area contributed by atoms with E-state index in [0.29, 0.717) is 17.5 Å². The number of aromatic nitrogens is 4.